The van der Waals surface area contributed by atoms with Crippen molar-refractivity contribution in [2.45, 2.75) is 17.5 Å². The van der Waals surface area contributed by atoms with Crippen LogP contribution in [-0.4, -0.2) is 30.1 Å². The maximum absolute atomic E-state index is 13.8. The van der Waals surface area contributed by atoms with Gasteiger partial charge >= 0.3 is 12.1 Å². The molecule has 108 valence electrons. The van der Waals surface area contributed by atoms with Crippen LogP contribution in [-0.2, 0) is 4.79 Å². The fourth-order valence-electron chi connectivity index (χ4n) is 1.80. The molecular weight excluding hydrogens is 294 g/mol. The minimum Gasteiger partial charge on any atom is -0.328 e. The van der Waals surface area contributed by atoms with Crippen LogP contribution < -0.4 is 0 Å². The van der Waals surface area contributed by atoms with Crippen molar-refractivity contribution in [3.05, 3.63) is 41.1 Å². The van der Waals surface area contributed by atoms with Gasteiger partial charge in [-0.1, -0.05) is 30.0 Å². The molecule has 2 nitrogen and oxygen atoms in total. The zero-order valence-corrected chi connectivity index (χ0v) is 11.1. The molecule has 7 heteroatoms. The number of hydrogen-bond donors (Lipinski definition) is 0. The Hall–Kier alpha value is -1.50. The highest BCUT2D eigenvalue weighted by Gasteiger charge is 2.43. The summed E-state index contributed by atoms with van der Waals surface area (Å²) in [5.41, 5.74) is 0. The van der Waals surface area contributed by atoms with E-state index in [0.29, 0.717) is 9.81 Å². The highest BCUT2D eigenvalue weighted by atomic mass is 32.2. The van der Waals surface area contributed by atoms with Crippen LogP contribution in [0.4, 0.5) is 17.6 Å². The van der Waals surface area contributed by atoms with Gasteiger partial charge in [0.15, 0.2) is 0 Å². The van der Waals surface area contributed by atoms with Gasteiger partial charge in [-0.3, -0.25) is 4.79 Å². The first-order valence-corrected chi connectivity index (χ1v) is 6.66. The van der Waals surface area contributed by atoms with Crippen LogP contribution in [0.1, 0.15) is 6.42 Å². The Morgan fingerprint density at radius 1 is 1.20 bits per heavy atom. The third-order valence-electron chi connectivity index (χ3n) is 2.75. The number of thioether (sulfide) groups is 1. The fraction of sp³-hybridized carbons (Fsp3) is 0.308. The van der Waals surface area contributed by atoms with Crippen molar-refractivity contribution >= 4 is 17.7 Å². The molecule has 20 heavy (non-hydrogen) atoms. The number of carbonyl (C=O) groups excluding carboxylic acids is 1. The Morgan fingerprint density at radius 3 is 2.40 bits per heavy atom. The molecule has 1 aliphatic heterocycles. The van der Waals surface area contributed by atoms with E-state index in [0.717, 1.165) is 4.90 Å². The summed E-state index contributed by atoms with van der Waals surface area (Å²) in [5.74, 6) is -2.67. The Labute approximate surface area is 117 Å². The van der Waals surface area contributed by atoms with E-state index >= 15 is 0 Å². The molecule has 1 aliphatic rings. The lowest BCUT2D eigenvalue weighted by molar-refractivity contribution is -0.185. The highest BCUT2D eigenvalue weighted by molar-refractivity contribution is 8.03. The summed E-state index contributed by atoms with van der Waals surface area (Å²) >= 11 is 1.18. The average Bonchev–Trinajstić information content (AvgIpc) is 2.40. The Bertz CT molecular complexity index is 527. The van der Waals surface area contributed by atoms with Crippen molar-refractivity contribution in [2.24, 2.45) is 0 Å². The summed E-state index contributed by atoms with van der Waals surface area (Å²) in [6.45, 7) is -0.742. The van der Waals surface area contributed by atoms with Crippen molar-refractivity contribution in [3.63, 3.8) is 0 Å². The van der Waals surface area contributed by atoms with Crippen LogP contribution in [0.5, 0.6) is 0 Å². The first-order chi connectivity index (χ1) is 9.38. The third kappa shape index (κ3) is 3.53. The van der Waals surface area contributed by atoms with Gasteiger partial charge in [0, 0.05) is 16.3 Å². The quantitative estimate of drug-likeness (QED) is 0.776. The molecule has 0 unspecified atom stereocenters. The fourth-order valence-corrected chi connectivity index (χ4v) is 2.74. The number of carbonyl (C=O) groups is 1. The molecule has 0 saturated carbocycles. The van der Waals surface area contributed by atoms with E-state index in [9.17, 15) is 22.4 Å². The predicted molar refractivity (Wildman–Crippen MR) is 67.7 cm³/mol. The molecule has 0 spiro atoms. The highest BCUT2D eigenvalue weighted by Crippen LogP contribution is 2.35. The van der Waals surface area contributed by atoms with Crippen molar-refractivity contribution in [2.75, 3.05) is 13.1 Å². The second kappa shape index (κ2) is 5.87. The van der Waals surface area contributed by atoms with Crippen LogP contribution in [0.3, 0.4) is 0 Å². The smallest absolute Gasteiger partial charge is 0.328 e. The van der Waals surface area contributed by atoms with Gasteiger partial charge in [-0.2, -0.15) is 13.2 Å². The SMILES string of the molecule is O=C(N1CCC(Sc2ccccc2)=C(F)C1)C(F)(F)F. The molecule has 0 aromatic heterocycles. The average molecular weight is 305 g/mol. The third-order valence-corrected chi connectivity index (χ3v) is 3.93. The molecule has 1 amide bonds. The molecular formula is C13H11F4NOS. The minimum absolute atomic E-state index is 0.0905. The topological polar surface area (TPSA) is 20.3 Å². The van der Waals surface area contributed by atoms with E-state index in [1.54, 1.807) is 24.3 Å². The monoisotopic (exact) mass is 305 g/mol. The van der Waals surface area contributed by atoms with Crippen molar-refractivity contribution in [1.29, 1.82) is 0 Å². The molecule has 0 fully saturated rings. The molecule has 0 N–H and O–H groups in total. The minimum atomic E-state index is -4.95. The van der Waals surface area contributed by atoms with E-state index in [-0.39, 0.29) is 13.0 Å². The van der Waals surface area contributed by atoms with Gasteiger partial charge in [0.2, 0.25) is 0 Å². The van der Waals surface area contributed by atoms with Gasteiger partial charge in [-0.25, -0.2) is 4.39 Å². The first-order valence-electron chi connectivity index (χ1n) is 5.84. The number of hydrogen-bond acceptors (Lipinski definition) is 2. The summed E-state index contributed by atoms with van der Waals surface area (Å²) in [6.07, 6.45) is -4.86. The molecule has 0 atom stereocenters. The van der Waals surface area contributed by atoms with Crippen LogP contribution in [0.15, 0.2) is 46.0 Å². The summed E-state index contributed by atoms with van der Waals surface area (Å²) in [6, 6.07) is 8.99. The Morgan fingerprint density at radius 2 is 1.85 bits per heavy atom. The van der Waals surface area contributed by atoms with E-state index in [1.807, 2.05) is 6.07 Å². The van der Waals surface area contributed by atoms with Crippen molar-refractivity contribution in [3.8, 4) is 0 Å². The van der Waals surface area contributed by atoms with Crippen molar-refractivity contribution < 1.29 is 22.4 Å². The number of alkyl halides is 3. The number of rotatable bonds is 2. The van der Waals surface area contributed by atoms with Crippen LogP contribution in [0.25, 0.3) is 0 Å². The standard InChI is InChI=1S/C13H11F4NOS/c14-10-8-18(12(19)13(15,16)17)7-6-11(10)20-9-4-2-1-3-5-9/h1-5H,6-8H2. The van der Waals surface area contributed by atoms with Crippen LogP contribution in [0.2, 0.25) is 0 Å². The lowest BCUT2D eigenvalue weighted by Crippen LogP contribution is -2.44. The van der Waals surface area contributed by atoms with Gasteiger partial charge in [-0.15, -0.1) is 0 Å². The summed E-state index contributed by atoms with van der Waals surface area (Å²) in [7, 11) is 0. The lowest BCUT2D eigenvalue weighted by atomic mass is 10.2. The summed E-state index contributed by atoms with van der Waals surface area (Å²) < 4.78 is 50.6. The van der Waals surface area contributed by atoms with Crippen LogP contribution >= 0.6 is 11.8 Å². The largest absolute Gasteiger partial charge is 0.471 e. The predicted octanol–water partition coefficient (Wildman–Crippen LogP) is 3.75. The number of amides is 1. The number of nitrogens with zero attached hydrogens (tertiary/aromatic N) is 1. The van der Waals surface area contributed by atoms with Gasteiger partial charge in [0.1, 0.15) is 5.83 Å². The molecule has 0 bridgehead atoms. The van der Waals surface area contributed by atoms with Gasteiger partial charge < -0.3 is 4.90 Å². The van der Waals surface area contributed by atoms with Crippen molar-refractivity contribution in [1.82, 2.24) is 4.90 Å². The van der Waals surface area contributed by atoms with E-state index in [1.165, 1.54) is 11.8 Å². The Balaban J connectivity index is 2.06. The summed E-state index contributed by atoms with van der Waals surface area (Å²) in [5, 5.41) is 0. The summed E-state index contributed by atoms with van der Waals surface area (Å²) in [4.78, 5) is 12.7. The number of benzene rings is 1. The second-order valence-electron chi connectivity index (χ2n) is 4.22. The molecule has 2 rings (SSSR count). The van der Waals surface area contributed by atoms with Gasteiger partial charge in [0.25, 0.3) is 0 Å². The maximum Gasteiger partial charge on any atom is 0.471 e. The molecule has 1 heterocycles. The van der Waals surface area contributed by atoms with Gasteiger partial charge in [-0.05, 0) is 18.6 Å². The lowest BCUT2D eigenvalue weighted by Gasteiger charge is -2.28. The molecule has 0 aliphatic carbocycles. The Kier molecular flexibility index (Phi) is 4.37. The molecule has 1 aromatic carbocycles. The first kappa shape index (κ1) is 14.9. The van der Waals surface area contributed by atoms with Gasteiger partial charge in [0.05, 0.1) is 6.54 Å². The van der Waals surface area contributed by atoms with E-state index < -0.39 is 24.5 Å². The van der Waals surface area contributed by atoms with Crippen LogP contribution in [0, 0.1) is 0 Å². The second-order valence-corrected chi connectivity index (χ2v) is 5.39. The van der Waals surface area contributed by atoms with E-state index in [2.05, 4.69) is 0 Å². The molecule has 1 aromatic rings. The number of halogens is 4. The molecule has 0 saturated heterocycles. The normalized spacial score (nSPS) is 16.5. The maximum atomic E-state index is 13.8. The zero-order chi connectivity index (χ0) is 14.8. The van der Waals surface area contributed by atoms with E-state index in [4.69, 9.17) is 0 Å². The molecule has 0 radical (unpaired) electrons. The zero-order valence-electron chi connectivity index (χ0n) is 10.3.